The number of aromatic nitrogens is 3. The van der Waals surface area contributed by atoms with Crippen molar-refractivity contribution in [1.82, 2.24) is 24.2 Å². The van der Waals surface area contributed by atoms with Gasteiger partial charge in [-0.25, -0.2) is 17.9 Å². The molecule has 1 aliphatic heterocycles. The molecule has 9 heteroatoms. The van der Waals surface area contributed by atoms with Crippen molar-refractivity contribution in [3.05, 3.63) is 24.5 Å². The van der Waals surface area contributed by atoms with Crippen LogP contribution in [-0.4, -0.2) is 52.5 Å². The topological polar surface area (TPSA) is 96.7 Å². The molecule has 1 aliphatic rings. The summed E-state index contributed by atoms with van der Waals surface area (Å²) in [6.07, 6.45) is 3.18. The van der Waals surface area contributed by atoms with Crippen LogP contribution in [-0.2, 0) is 14.8 Å². The molecule has 1 fully saturated rings. The predicted octanol–water partition coefficient (Wildman–Crippen LogP) is 0.0169. The molecule has 2 aromatic heterocycles. The third-order valence-corrected chi connectivity index (χ3v) is 5.11. The molecular weight excluding hydrogens is 306 g/mol. The van der Waals surface area contributed by atoms with E-state index < -0.39 is 16.1 Å². The van der Waals surface area contributed by atoms with Crippen LogP contribution >= 0.6 is 0 Å². The van der Waals surface area contributed by atoms with Crippen LogP contribution in [0.3, 0.4) is 0 Å². The van der Waals surface area contributed by atoms with E-state index in [-0.39, 0.29) is 17.0 Å². The minimum absolute atomic E-state index is 0.0551. The zero-order valence-electron chi connectivity index (χ0n) is 12.3. The van der Waals surface area contributed by atoms with Crippen molar-refractivity contribution in [2.75, 3.05) is 6.54 Å². The number of hydrogen-bond donors (Lipinski definition) is 1. The third-order valence-electron chi connectivity index (χ3n) is 3.68. The number of likely N-dealkylation sites (tertiary alicyclic amines) is 1. The highest BCUT2D eigenvalue weighted by molar-refractivity contribution is 7.89. The van der Waals surface area contributed by atoms with Gasteiger partial charge in [-0.05, 0) is 32.4 Å². The maximum atomic E-state index is 12.5. The molecule has 1 atom stereocenters. The lowest BCUT2D eigenvalue weighted by molar-refractivity contribution is -0.130. The molecule has 0 saturated carbocycles. The van der Waals surface area contributed by atoms with Crippen LogP contribution in [0.15, 0.2) is 29.6 Å². The largest absolute Gasteiger partial charge is 0.339 e. The van der Waals surface area contributed by atoms with Gasteiger partial charge in [-0.1, -0.05) is 0 Å². The summed E-state index contributed by atoms with van der Waals surface area (Å²) in [5, 5.41) is 3.91. The number of carbonyl (C=O) groups is 1. The van der Waals surface area contributed by atoms with Gasteiger partial charge in [-0.15, -0.1) is 0 Å². The second-order valence-corrected chi connectivity index (χ2v) is 7.14. The number of rotatable bonds is 4. The molecule has 8 nitrogen and oxygen atoms in total. The van der Waals surface area contributed by atoms with Gasteiger partial charge in [-0.2, -0.15) is 9.82 Å². The van der Waals surface area contributed by atoms with Crippen LogP contribution in [0.25, 0.3) is 5.65 Å². The van der Waals surface area contributed by atoms with Gasteiger partial charge in [0.25, 0.3) is 10.0 Å². The molecule has 3 heterocycles. The lowest BCUT2D eigenvalue weighted by Crippen LogP contribution is -2.43. The predicted molar refractivity (Wildman–Crippen MR) is 78.6 cm³/mol. The van der Waals surface area contributed by atoms with E-state index in [1.165, 1.54) is 16.9 Å². The normalized spacial score (nSPS) is 19.5. The molecule has 1 amide bonds. The second-order valence-electron chi connectivity index (χ2n) is 5.48. The van der Waals surface area contributed by atoms with E-state index in [4.69, 9.17) is 0 Å². The number of hydrogen-bond acceptors (Lipinski definition) is 5. The minimum Gasteiger partial charge on any atom is -0.339 e. The number of nitrogens with one attached hydrogen (secondary N) is 1. The Morgan fingerprint density at radius 3 is 2.86 bits per heavy atom. The van der Waals surface area contributed by atoms with Gasteiger partial charge in [0.2, 0.25) is 5.91 Å². The number of sulfonamides is 1. The summed E-state index contributed by atoms with van der Waals surface area (Å²) in [5.74, 6) is -0.194. The first kappa shape index (κ1) is 14.9. The lowest BCUT2D eigenvalue weighted by Gasteiger charge is -2.21. The fraction of sp³-hybridized carbons (Fsp3) is 0.462. The van der Waals surface area contributed by atoms with E-state index in [1.54, 1.807) is 17.0 Å². The first-order chi connectivity index (χ1) is 10.4. The second kappa shape index (κ2) is 5.33. The summed E-state index contributed by atoms with van der Waals surface area (Å²) in [4.78, 5) is 17.9. The Morgan fingerprint density at radius 2 is 2.18 bits per heavy atom. The molecule has 0 aliphatic carbocycles. The highest BCUT2D eigenvalue weighted by Crippen LogP contribution is 2.17. The highest BCUT2D eigenvalue weighted by Gasteiger charge is 2.36. The number of carbonyl (C=O) groups excluding carboxylic acids is 1. The maximum absolute atomic E-state index is 12.5. The van der Waals surface area contributed by atoms with Crippen LogP contribution in [0.2, 0.25) is 0 Å². The Hall–Kier alpha value is -2.00. The molecule has 1 unspecified atom stereocenters. The average molecular weight is 323 g/mol. The zero-order chi connectivity index (χ0) is 15.9. The Balaban J connectivity index is 1.87. The Labute approximate surface area is 128 Å². The average Bonchev–Trinajstić information content (AvgIpc) is 3.03. The Kier molecular flexibility index (Phi) is 3.61. The molecule has 22 heavy (non-hydrogen) atoms. The van der Waals surface area contributed by atoms with Gasteiger partial charge in [0.15, 0.2) is 10.7 Å². The van der Waals surface area contributed by atoms with Crippen LogP contribution in [0.1, 0.15) is 20.3 Å². The standard InChI is InChI=1S/C13H17N5O3S/c1-9(2)17-7-5-10(13(17)19)16-22(20,21)12-8-14-11-4-3-6-15-18(11)12/h3-4,6,8-10,16H,5,7H2,1-2H3. The smallest absolute Gasteiger partial charge is 0.260 e. The molecule has 0 spiro atoms. The molecule has 1 saturated heterocycles. The lowest BCUT2D eigenvalue weighted by atomic mass is 10.3. The molecule has 0 bridgehead atoms. The molecule has 3 rings (SSSR count). The van der Waals surface area contributed by atoms with Crippen molar-refractivity contribution in [2.24, 2.45) is 0 Å². The van der Waals surface area contributed by atoms with Crippen molar-refractivity contribution < 1.29 is 13.2 Å². The summed E-state index contributed by atoms with van der Waals surface area (Å²) in [7, 11) is -3.87. The Morgan fingerprint density at radius 1 is 1.41 bits per heavy atom. The van der Waals surface area contributed by atoms with Crippen LogP contribution in [0.4, 0.5) is 0 Å². The van der Waals surface area contributed by atoms with E-state index in [9.17, 15) is 13.2 Å². The van der Waals surface area contributed by atoms with Crippen molar-refractivity contribution in [3.63, 3.8) is 0 Å². The maximum Gasteiger partial charge on any atom is 0.260 e. The third kappa shape index (κ3) is 2.46. The van der Waals surface area contributed by atoms with E-state index in [0.717, 1.165) is 0 Å². The van der Waals surface area contributed by atoms with Gasteiger partial charge in [0.05, 0.1) is 6.20 Å². The fourth-order valence-electron chi connectivity index (χ4n) is 2.56. The SMILES string of the molecule is CC(C)N1CCC(NS(=O)(=O)c2cnc3cccnn23)C1=O. The Bertz CT molecular complexity index is 814. The van der Waals surface area contributed by atoms with E-state index in [0.29, 0.717) is 18.6 Å². The first-order valence-corrected chi connectivity index (χ1v) is 8.50. The van der Waals surface area contributed by atoms with Crippen LogP contribution < -0.4 is 4.72 Å². The van der Waals surface area contributed by atoms with Gasteiger partial charge in [0, 0.05) is 18.8 Å². The van der Waals surface area contributed by atoms with Crippen molar-refractivity contribution in [2.45, 2.75) is 37.4 Å². The highest BCUT2D eigenvalue weighted by atomic mass is 32.2. The van der Waals surface area contributed by atoms with Gasteiger partial charge >= 0.3 is 0 Å². The number of nitrogens with zero attached hydrogens (tertiary/aromatic N) is 4. The first-order valence-electron chi connectivity index (χ1n) is 7.02. The van der Waals surface area contributed by atoms with Crippen molar-refractivity contribution in [3.8, 4) is 0 Å². The summed E-state index contributed by atoms with van der Waals surface area (Å²) in [6.45, 7) is 4.36. The molecule has 2 aromatic rings. The minimum atomic E-state index is -3.87. The summed E-state index contributed by atoms with van der Waals surface area (Å²) in [6, 6.07) is 2.65. The van der Waals surface area contributed by atoms with Crippen molar-refractivity contribution >= 4 is 21.6 Å². The van der Waals surface area contributed by atoms with E-state index in [1.807, 2.05) is 13.8 Å². The molecule has 0 radical (unpaired) electrons. The number of amides is 1. The summed E-state index contributed by atoms with van der Waals surface area (Å²) in [5.41, 5.74) is 0.435. The summed E-state index contributed by atoms with van der Waals surface area (Å²) >= 11 is 0. The van der Waals surface area contributed by atoms with Crippen LogP contribution in [0, 0.1) is 0 Å². The van der Waals surface area contributed by atoms with Gasteiger partial charge in [-0.3, -0.25) is 4.79 Å². The molecule has 118 valence electrons. The van der Waals surface area contributed by atoms with Crippen LogP contribution in [0.5, 0.6) is 0 Å². The van der Waals surface area contributed by atoms with Gasteiger partial charge in [0.1, 0.15) is 6.04 Å². The van der Waals surface area contributed by atoms with Gasteiger partial charge < -0.3 is 4.90 Å². The number of fused-ring (bicyclic) bond motifs is 1. The van der Waals surface area contributed by atoms with E-state index in [2.05, 4.69) is 14.8 Å². The fourth-order valence-corrected chi connectivity index (χ4v) is 3.84. The zero-order valence-corrected chi connectivity index (χ0v) is 13.1. The van der Waals surface area contributed by atoms with Crippen molar-refractivity contribution in [1.29, 1.82) is 0 Å². The quantitative estimate of drug-likeness (QED) is 0.855. The monoisotopic (exact) mass is 323 g/mol. The molecular formula is C13H17N5O3S. The summed E-state index contributed by atoms with van der Waals surface area (Å²) < 4.78 is 28.7. The van der Waals surface area contributed by atoms with E-state index >= 15 is 0 Å². The number of imidazole rings is 1. The molecule has 1 N–H and O–H groups in total. The molecule has 0 aromatic carbocycles.